The van der Waals surface area contributed by atoms with Gasteiger partial charge in [0.05, 0.1) is 0 Å². The van der Waals surface area contributed by atoms with Gasteiger partial charge in [0.25, 0.3) is 0 Å². The Balaban J connectivity index is 2.56. The summed E-state index contributed by atoms with van der Waals surface area (Å²) in [6.45, 7) is 0.332. The predicted octanol–water partition coefficient (Wildman–Crippen LogP) is 1.63. The van der Waals surface area contributed by atoms with Crippen LogP contribution in [0.2, 0.25) is 0 Å². The van der Waals surface area contributed by atoms with E-state index in [0.717, 1.165) is 6.42 Å². The van der Waals surface area contributed by atoms with Crippen molar-refractivity contribution in [1.29, 1.82) is 0 Å². The Morgan fingerprint density at radius 3 is 2.17 bits per heavy atom. The maximum absolute atomic E-state index is 9.01. The Kier molecular flexibility index (Phi) is 3.53. The van der Waals surface area contributed by atoms with Crippen molar-refractivity contribution in [1.82, 2.24) is 4.90 Å². The largest absolute Gasteiger partial charge is 0.396 e. The second kappa shape index (κ2) is 4.24. The average Bonchev–Trinajstić information content (AvgIpc) is 2.06. The molecule has 1 rings (SSSR count). The Labute approximate surface area is 75.6 Å². The van der Waals surface area contributed by atoms with Crippen LogP contribution < -0.4 is 0 Å². The fourth-order valence-electron chi connectivity index (χ4n) is 2.34. The van der Waals surface area contributed by atoms with Crippen LogP contribution in [0.5, 0.6) is 0 Å². The number of aliphatic hydroxyl groups excluding tert-OH is 1. The summed E-state index contributed by atoms with van der Waals surface area (Å²) in [5.41, 5.74) is 0.312. The molecule has 1 N–H and O–H groups in total. The number of nitrogens with zero attached hydrogens (tertiary/aromatic N) is 1. The molecule has 0 radical (unpaired) electrons. The molecule has 0 aromatic carbocycles. The van der Waals surface area contributed by atoms with Crippen LogP contribution in [0.3, 0.4) is 0 Å². The summed E-state index contributed by atoms with van der Waals surface area (Å²) < 4.78 is 0. The van der Waals surface area contributed by atoms with Gasteiger partial charge < -0.3 is 10.0 Å². The molecule has 0 amide bonds. The first-order chi connectivity index (χ1) is 5.71. The molecule has 0 atom stereocenters. The third-order valence-electron chi connectivity index (χ3n) is 3.31. The summed E-state index contributed by atoms with van der Waals surface area (Å²) >= 11 is 0. The number of hydrogen-bond donors (Lipinski definition) is 1. The number of aliphatic hydroxyl groups is 1. The molecule has 0 saturated heterocycles. The monoisotopic (exact) mass is 171 g/mol. The molecule has 12 heavy (non-hydrogen) atoms. The third kappa shape index (κ3) is 1.99. The fraction of sp³-hybridized carbons (Fsp3) is 1.00. The van der Waals surface area contributed by atoms with Crippen molar-refractivity contribution in [3.8, 4) is 0 Å². The van der Waals surface area contributed by atoms with Crippen LogP contribution in [0.25, 0.3) is 0 Å². The van der Waals surface area contributed by atoms with Crippen LogP contribution in [0.1, 0.15) is 38.5 Å². The zero-order chi connectivity index (χ0) is 9.03. The lowest BCUT2D eigenvalue weighted by molar-refractivity contribution is 0.0690. The zero-order valence-corrected chi connectivity index (χ0v) is 8.34. The SMILES string of the molecule is CN(C)C1(CCO)CCCCC1. The van der Waals surface area contributed by atoms with Gasteiger partial charge in [-0.15, -0.1) is 0 Å². The van der Waals surface area contributed by atoms with Crippen molar-refractivity contribution in [2.75, 3.05) is 20.7 Å². The highest BCUT2D eigenvalue weighted by Gasteiger charge is 2.33. The number of hydrogen-bond acceptors (Lipinski definition) is 2. The van der Waals surface area contributed by atoms with Gasteiger partial charge in [0.2, 0.25) is 0 Å². The first kappa shape index (κ1) is 10.0. The van der Waals surface area contributed by atoms with E-state index in [1.165, 1.54) is 32.1 Å². The Morgan fingerprint density at radius 1 is 1.17 bits per heavy atom. The lowest BCUT2D eigenvalue weighted by Gasteiger charge is -2.42. The van der Waals surface area contributed by atoms with Crippen molar-refractivity contribution >= 4 is 0 Å². The molecule has 1 fully saturated rings. The van der Waals surface area contributed by atoms with Crippen LogP contribution in [-0.4, -0.2) is 36.2 Å². The Morgan fingerprint density at radius 2 is 1.75 bits per heavy atom. The second-order valence-electron chi connectivity index (χ2n) is 4.15. The van der Waals surface area contributed by atoms with Gasteiger partial charge in [-0.2, -0.15) is 0 Å². The van der Waals surface area contributed by atoms with E-state index >= 15 is 0 Å². The first-order valence-electron chi connectivity index (χ1n) is 4.99. The van der Waals surface area contributed by atoms with Gasteiger partial charge in [0.1, 0.15) is 0 Å². The molecule has 72 valence electrons. The normalized spacial score (nSPS) is 23.0. The fourth-order valence-corrected chi connectivity index (χ4v) is 2.34. The van der Waals surface area contributed by atoms with Crippen molar-refractivity contribution < 1.29 is 5.11 Å². The zero-order valence-electron chi connectivity index (χ0n) is 8.34. The van der Waals surface area contributed by atoms with E-state index in [4.69, 9.17) is 5.11 Å². The first-order valence-corrected chi connectivity index (χ1v) is 4.99. The summed E-state index contributed by atoms with van der Waals surface area (Å²) in [5, 5.41) is 9.01. The topological polar surface area (TPSA) is 23.5 Å². The molecule has 0 spiro atoms. The smallest absolute Gasteiger partial charge is 0.0448 e. The molecule has 0 aromatic heterocycles. The van der Waals surface area contributed by atoms with Crippen molar-refractivity contribution in [2.45, 2.75) is 44.1 Å². The van der Waals surface area contributed by atoms with Crippen molar-refractivity contribution in [3.63, 3.8) is 0 Å². The summed E-state index contributed by atoms with van der Waals surface area (Å²) in [7, 11) is 4.28. The molecule has 0 aromatic rings. The summed E-state index contributed by atoms with van der Waals surface area (Å²) in [5.74, 6) is 0. The number of rotatable bonds is 3. The maximum Gasteiger partial charge on any atom is 0.0448 e. The average molecular weight is 171 g/mol. The lowest BCUT2D eigenvalue weighted by Crippen LogP contribution is -2.46. The standard InChI is InChI=1S/C10H21NO/c1-11(2)10(8-9-12)6-4-3-5-7-10/h12H,3-9H2,1-2H3. The van der Waals surface area contributed by atoms with Crippen LogP contribution in [0.15, 0.2) is 0 Å². The molecule has 0 heterocycles. The van der Waals surface area contributed by atoms with Gasteiger partial charge in [-0.3, -0.25) is 0 Å². The van der Waals surface area contributed by atoms with Crippen LogP contribution in [0, 0.1) is 0 Å². The molecule has 2 nitrogen and oxygen atoms in total. The van der Waals surface area contributed by atoms with Crippen LogP contribution in [-0.2, 0) is 0 Å². The molecule has 1 saturated carbocycles. The molecule has 0 unspecified atom stereocenters. The van der Waals surface area contributed by atoms with E-state index in [9.17, 15) is 0 Å². The van der Waals surface area contributed by atoms with Gasteiger partial charge in [-0.1, -0.05) is 19.3 Å². The van der Waals surface area contributed by atoms with Gasteiger partial charge in [0.15, 0.2) is 0 Å². The quantitative estimate of drug-likeness (QED) is 0.697. The van der Waals surface area contributed by atoms with Crippen LogP contribution >= 0.6 is 0 Å². The molecule has 1 aliphatic rings. The van der Waals surface area contributed by atoms with E-state index in [1.807, 2.05) is 0 Å². The van der Waals surface area contributed by atoms with Gasteiger partial charge >= 0.3 is 0 Å². The van der Waals surface area contributed by atoms with Gasteiger partial charge in [0, 0.05) is 12.1 Å². The minimum absolute atomic E-state index is 0.312. The second-order valence-corrected chi connectivity index (χ2v) is 4.15. The molecular weight excluding hydrogens is 150 g/mol. The minimum atomic E-state index is 0.312. The Hall–Kier alpha value is -0.0800. The highest BCUT2D eigenvalue weighted by atomic mass is 16.3. The van der Waals surface area contributed by atoms with Gasteiger partial charge in [-0.05, 0) is 33.4 Å². The highest BCUT2D eigenvalue weighted by Crippen LogP contribution is 2.34. The lowest BCUT2D eigenvalue weighted by atomic mass is 9.78. The highest BCUT2D eigenvalue weighted by molar-refractivity contribution is 4.90. The molecule has 1 aliphatic carbocycles. The molecule has 0 bridgehead atoms. The van der Waals surface area contributed by atoms with E-state index in [2.05, 4.69) is 19.0 Å². The summed E-state index contributed by atoms with van der Waals surface area (Å²) in [6, 6.07) is 0. The maximum atomic E-state index is 9.01. The molecule has 0 aliphatic heterocycles. The van der Waals surface area contributed by atoms with Crippen LogP contribution in [0.4, 0.5) is 0 Å². The summed E-state index contributed by atoms with van der Waals surface area (Å²) in [6.07, 6.45) is 7.51. The predicted molar refractivity (Wildman–Crippen MR) is 51.2 cm³/mol. The third-order valence-corrected chi connectivity index (χ3v) is 3.31. The molecule has 2 heteroatoms. The van der Waals surface area contributed by atoms with E-state index in [1.54, 1.807) is 0 Å². The van der Waals surface area contributed by atoms with E-state index in [-0.39, 0.29) is 0 Å². The van der Waals surface area contributed by atoms with Crippen molar-refractivity contribution in [2.24, 2.45) is 0 Å². The Bertz CT molecular complexity index is 122. The van der Waals surface area contributed by atoms with Crippen molar-refractivity contribution in [3.05, 3.63) is 0 Å². The van der Waals surface area contributed by atoms with Gasteiger partial charge in [-0.25, -0.2) is 0 Å². The minimum Gasteiger partial charge on any atom is -0.396 e. The molecular formula is C10H21NO. The summed E-state index contributed by atoms with van der Waals surface area (Å²) in [4.78, 5) is 2.31. The van der Waals surface area contributed by atoms with E-state index in [0.29, 0.717) is 12.1 Å². The van der Waals surface area contributed by atoms with E-state index < -0.39 is 0 Å².